The zero-order chi connectivity index (χ0) is 21.6. The normalized spacial score (nSPS) is 13.1. The number of hydrogen-bond acceptors (Lipinski definition) is 6. The van der Waals surface area contributed by atoms with Crippen molar-refractivity contribution in [3.63, 3.8) is 0 Å². The number of fused-ring (bicyclic) bond motifs is 1. The van der Waals surface area contributed by atoms with Crippen LogP contribution in [-0.4, -0.2) is 56.7 Å². The summed E-state index contributed by atoms with van der Waals surface area (Å²) >= 11 is 0. The van der Waals surface area contributed by atoms with Gasteiger partial charge < -0.3 is 20.1 Å². The first kappa shape index (κ1) is 21.6. The number of amides is 1. The van der Waals surface area contributed by atoms with E-state index in [2.05, 4.69) is 20.8 Å². The van der Waals surface area contributed by atoms with Crippen molar-refractivity contribution in [3.8, 4) is 0 Å². The molecule has 4 N–H and O–H groups in total. The molecule has 0 saturated carbocycles. The summed E-state index contributed by atoms with van der Waals surface area (Å²) in [6, 6.07) is 11.0. The number of nitrogens with zero attached hydrogens (tertiary/aromatic N) is 3. The number of β-amino-alcohol motifs (C(OH)–C–C–N with tert-alkyl or cyclic N) is 1. The Morgan fingerprint density at radius 1 is 1.27 bits per heavy atom. The molecule has 0 bridgehead atoms. The number of hydrazone groups is 1. The molecule has 2 heterocycles. The largest absolute Gasteiger partial charge is 0.394 e. The average Bonchev–Trinajstić information content (AvgIpc) is 3.10. The zero-order valence-electron chi connectivity index (χ0n) is 17.1. The number of aliphatic hydroxyl groups is 2. The molecule has 30 heavy (non-hydrogen) atoms. The predicted octanol–water partition coefficient (Wildman–Crippen LogP) is 1.52. The SMILES string of the molecule is CC(C)(CO)NC[C@H](O)Cn1cc(/C=N\NC(=O)c2ccncc2)c2ccccc21. The minimum Gasteiger partial charge on any atom is -0.394 e. The van der Waals surface area contributed by atoms with Crippen molar-refractivity contribution in [1.82, 2.24) is 20.3 Å². The van der Waals surface area contributed by atoms with Gasteiger partial charge >= 0.3 is 0 Å². The van der Waals surface area contributed by atoms with Crippen LogP contribution in [0.2, 0.25) is 0 Å². The van der Waals surface area contributed by atoms with Gasteiger partial charge in [0.05, 0.1) is 18.9 Å². The van der Waals surface area contributed by atoms with Crippen molar-refractivity contribution in [2.45, 2.75) is 32.0 Å². The van der Waals surface area contributed by atoms with E-state index in [0.29, 0.717) is 18.7 Å². The topological polar surface area (TPSA) is 112 Å². The van der Waals surface area contributed by atoms with Crippen LogP contribution in [-0.2, 0) is 6.54 Å². The number of carbonyl (C=O) groups is 1. The fraction of sp³-hybridized carbons (Fsp3) is 0.318. The Balaban J connectivity index is 1.71. The van der Waals surface area contributed by atoms with Crippen molar-refractivity contribution in [1.29, 1.82) is 0 Å². The first-order valence-corrected chi connectivity index (χ1v) is 9.75. The molecular weight excluding hydrogens is 382 g/mol. The Morgan fingerprint density at radius 3 is 2.73 bits per heavy atom. The molecule has 0 aliphatic heterocycles. The number of para-hydroxylation sites is 1. The van der Waals surface area contributed by atoms with Gasteiger partial charge in [-0.15, -0.1) is 0 Å². The molecular formula is C22H27N5O3. The van der Waals surface area contributed by atoms with Gasteiger partial charge in [0, 0.05) is 59.2 Å². The summed E-state index contributed by atoms with van der Waals surface area (Å²) in [7, 11) is 0. The highest BCUT2D eigenvalue weighted by atomic mass is 16.3. The lowest BCUT2D eigenvalue weighted by molar-refractivity contribution is 0.0955. The van der Waals surface area contributed by atoms with Crippen LogP contribution < -0.4 is 10.7 Å². The maximum Gasteiger partial charge on any atom is 0.271 e. The van der Waals surface area contributed by atoms with Crippen LogP contribution in [0.3, 0.4) is 0 Å². The molecule has 0 saturated heterocycles. The quantitative estimate of drug-likeness (QED) is 0.316. The summed E-state index contributed by atoms with van der Waals surface area (Å²) in [6.45, 7) is 4.47. The van der Waals surface area contributed by atoms with E-state index in [0.717, 1.165) is 16.5 Å². The molecule has 1 amide bonds. The summed E-state index contributed by atoms with van der Waals surface area (Å²) in [6.07, 6.45) is 5.95. The second-order valence-electron chi connectivity index (χ2n) is 7.77. The van der Waals surface area contributed by atoms with E-state index in [-0.39, 0.29) is 12.5 Å². The van der Waals surface area contributed by atoms with Crippen LogP contribution in [0, 0.1) is 0 Å². The third-order valence-corrected chi connectivity index (χ3v) is 4.75. The van der Waals surface area contributed by atoms with Gasteiger partial charge in [0.25, 0.3) is 5.91 Å². The Morgan fingerprint density at radius 2 is 2.00 bits per heavy atom. The van der Waals surface area contributed by atoms with Crippen LogP contribution in [0.5, 0.6) is 0 Å². The van der Waals surface area contributed by atoms with E-state index in [9.17, 15) is 15.0 Å². The molecule has 8 heteroatoms. The van der Waals surface area contributed by atoms with Crippen LogP contribution >= 0.6 is 0 Å². The Kier molecular flexibility index (Phi) is 6.94. The lowest BCUT2D eigenvalue weighted by Crippen LogP contribution is -2.46. The van der Waals surface area contributed by atoms with E-state index in [1.165, 1.54) is 0 Å². The van der Waals surface area contributed by atoms with Gasteiger partial charge in [-0.25, -0.2) is 5.43 Å². The van der Waals surface area contributed by atoms with Crippen molar-refractivity contribution in [2.75, 3.05) is 13.2 Å². The molecule has 0 unspecified atom stereocenters. The smallest absolute Gasteiger partial charge is 0.271 e. The van der Waals surface area contributed by atoms with Crippen molar-refractivity contribution in [3.05, 3.63) is 66.1 Å². The Bertz CT molecular complexity index is 1010. The van der Waals surface area contributed by atoms with Crippen LogP contribution in [0.15, 0.2) is 60.1 Å². The first-order valence-electron chi connectivity index (χ1n) is 9.75. The van der Waals surface area contributed by atoms with Crippen molar-refractivity contribution < 1.29 is 15.0 Å². The lowest BCUT2D eigenvalue weighted by atomic mass is 10.1. The molecule has 158 valence electrons. The van der Waals surface area contributed by atoms with E-state index in [1.807, 2.05) is 48.9 Å². The fourth-order valence-electron chi connectivity index (χ4n) is 3.00. The van der Waals surface area contributed by atoms with Crippen molar-refractivity contribution >= 4 is 23.0 Å². The van der Waals surface area contributed by atoms with E-state index >= 15 is 0 Å². The number of aliphatic hydroxyl groups excluding tert-OH is 2. The lowest BCUT2D eigenvalue weighted by Gasteiger charge is -2.25. The summed E-state index contributed by atoms with van der Waals surface area (Å²) in [4.78, 5) is 16.0. The van der Waals surface area contributed by atoms with E-state index < -0.39 is 11.6 Å². The van der Waals surface area contributed by atoms with Gasteiger partial charge in [-0.1, -0.05) is 18.2 Å². The highest BCUT2D eigenvalue weighted by Crippen LogP contribution is 2.20. The van der Waals surface area contributed by atoms with Crippen LogP contribution in [0.4, 0.5) is 0 Å². The molecule has 0 aliphatic carbocycles. The van der Waals surface area contributed by atoms with Gasteiger partial charge in [-0.05, 0) is 32.0 Å². The number of rotatable bonds is 9. The van der Waals surface area contributed by atoms with Gasteiger partial charge in [0.1, 0.15) is 0 Å². The summed E-state index contributed by atoms with van der Waals surface area (Å²) < 4.78 is 1.96. The molecule has 1 aromatic carbocycles. The third kappa shape index (κ3) is 5.50. The number of hydrogen-bond donors (Lipinski definition) is 4. The standard InChI is InChI=1S/C22H27N5O3/c1-22(2,15-28)24-12-18(29)14-27-13-17(19-5-3-4-6-20(19)27)11-25-26-21(30)16-7-9-23-10-8-16/h3-11,13,18,24,28-29H,12,14-15H2,1-2H3,(H,26,30)/b25-11-/t18-/m0/s1. The predicted molar refractivity (Wildman–Crippen MR) is 116 cm³/mol. The molecule has 1 atom stereocenters. The molecule has 0 radical (unpaired) electrons. The summed E-state index contributed by atoms with van der Waals surface area (Å²) in [5.74, 6) is -0.314. The minimum absolute atomic E-state index is 0.0159. The van der Waals surface area contributed by atoms with Crippen LogP contribution in [0.25, 0.3) is 10.9 Å². The number of carbonyl (C=O) groups excluding carboxylic acids is 1. The number of nitrogens with one attached hydrogen (secondary N) is 2. The zero-order valence-corrected chi connectivity index (χ0v) is 17.1. The molecule has 3 aromatic rings. The van der Waals surface area contributed by atoms with E-state index in [1.54, 1.807) is 30.7 Å². The van der Waals surface area contributed by atoms with E-state index in [4.69, 9.17) is 0 Å². The summed E-state index contributed by atoms with van der Waals surface area (Å²) in [5, 5.41) is 28.0. The number of aromatic nitrogens is 2. The van der Waals surface area contributed by atoms with Gasteiger partial charge in [-0.2, -0.15) is 5.10 Å². The maximum absolute atomic E-state index is 12.1. The molecule has 0 fully saturated rings. The monoisotopic (exact) mass is 409 g/mol. The Labute approximate surface area is 175 Å². The van der Waals surface area contributed by atoms with Gasteiger partial charge in [0.2, 0.25) is 0 Å². The minimum atomic E-state index is -0.636. The van der Waals surface area contributed by atoms with Crippen molar-refractivity contribution in [2.24, 2.45) is 5.10 Å². The van der Waals surface area contributed by atoms with Gasteiger partial charge in [-0.3, -0.25) is 9.78 Å². The number of benzene rings is 1. The highest BCUT2D eigenvalue weighted by Gasteiger charge is 2.18. The fourth-order valence-corrected chi connectivity index (χ4v) is 3.00. The maximum atomic E-state index is 12.1. The van der Waals surface area contributed by atoms with Gasteiger partial charge in [0.15, 0.2) is 0 Å². The molecule has 0 aliphatic rings. The molecule has 2 aromatic heterocycles. The first-order chi connectivity index (χ1) is 14.4. The third-order valence-electron chi connectivity index (χ3n) is 4.75. The molecule has 0 spiro atoms. The highest BCUT2D eigenvalue weighted by molar-refractivity contribution is 6.00. The molecule has 8 nitrogen and oxygen atoms in total. The number of pyridine rings is 1. The molecule has 3 rings (SSSR count). The van der Waals surface area contributed by atoms with Crippen LogP contribution in [0.1, 0.15) is 29.8 Å². The second kappa shape index (κ2) is 9.62. The summed E-state index contributed by atoms with van der Waals surface area (Å²) in [5.41, 5.74) is 4.33. The second-order valence-corrected chi connectivity index (χ2v) is 7.77. The Hall–Kier alpha value is -3.07. The average molecular weight is 409 g/mol.